The van der Waals surface area contributed by atoms with Crippen molar-refractivity contribution in [2.24, 2.45) is 11.1 Å². The standard InChI is InChI=1S/C10H22N2/c1-10(2,3)5-7-12-6-4-9(11)8-12/h9H,4-8,11H2,1-3H3/t9-/m0/s1. The van der Waals surface area contributed by atoms with Crippen LogP contribution in [0.15, 0.2) is 0 Å². The maximum absolute atomic E-state index is 5.82. The molecule has 1 heterocycles. The van der Waals surface area contributed by atoms with Crippen molar-refractivity contribution < 1.29 is 0 Å². The minimum absolute atomic E-state index is 0.435. The number of hydrogen-bond acceptors (Lipinski definition) is 2. The van der Waals surface area contributed by atoms with E-state index in [1.165, 1.54) is 25.9 Å². The molecule has 2 nitrogen and oxygen atoms in total. The summed E-state index contributed by atoms with van der Waals surface area (Å²) in [6, 6.07) is 0.435. The van der Waals surface area contributed by atoms with E-state index in [0.29, 0.717) is 11.5 Å². The maximum Gasteiger partial charge on any atom is 0.0180 e. The second-order valence-electron chi connectivity index (χ2n) is 5.16. The van der Waals surface area contributed by atoms with E-state index in [-0.39, 0.29) is 0 Å². The van der Waals surface area contributed by atoms with Crippen LogP contribution in [0.4, 0.5) is 0 Å². The van der Waals surface area contributed by atoms with Crippen LogP contribution in [0.1, 0.15) is 33.6 Å². The van der Waals surface area contributed by atoms with Crippen molar-refractivity contribution in [1.82, 2.24) is 4.90 Å². The van der Waals surface area contributed by atoms with Crippen LogP contribution in [0.5, 0.6) is 0 Å². The summed E-state index contributed by atoms with van der Waals surface area (Å²) in [7, 11) is 0. The molecule has 0 spiro atoms. The van der Waals surface area contributed by atoms with Gasteiger partial charge in [0.1, 0.15) is 0 Å². The zero-order valence-corrected chi connectivity index (χ0v) is 8.64. The summed E-state index contributed by atoms with van der Waals surface area (Å²) in [5.74, 6) is 0. The summed E-state index contributed by atoms with van der Waals surface area (Å²) in [5.41, 5.74) is 6.29. The van der Waals surface area contributed by atoms with Gasteiger partial charge in [-0.2, -0.15) is 0 Å². The highest BCUT2D eigenvalue weighted by Crippen LogP contribution is 2.20. The Kier molecular flexibility index (Phi) is 3.13. The molecule has 0 unspecified atom stereocenters. The van der Waals surface area contributed by atoms with Crippen LogP contribution in [0.2, 0.25) is 0 Å². The van der Waals surface area contributed by atoms with Gasteiger partial charge in [-0.25, -0.2) is 0 Å². The maximum atomic E-state index is 5.82. The number of nitrogens with zero attached hydrogens (tertiary/aromatic N) is 1. The van der Waals surface area contributed by atoms with Gasteiger partial charge < -0.3 is 10.6 Å². The highest BCUT2D eigenvalue weighted by Gasteiger charge is 2.20. The zero-order chi connectivity index (χ0) is 9.19. The first kappa shape index (κ1) is 10.0. The Morgan fingerprint density at radius 1 is 1.42 bits per heavy atom. The fourth-order valence-electron chi connectivity index (χ4n) is 1.56. The fourth-order valence-corrected chi connectivity index (χ4v) is 1.56. The van der Waals surface area contributed by atoms with Crippen LogP contribution in [0, 0.1) is 5.41 Å². The van der Waals surface area contributed by atoms with E-state index in [1.807, 2.05) is 0 Å². The predicted molar refractivity (Wildman–Crippen MR) is 53.1 cm³/mol. The van der Waals surface area contributed by atoms with E-state index in [4.69, 9.17) is 5.73 Å². The molecule has 0 bridgehead atoms. The Morgan fingerprint density at radius 3 is 2.50 bits per heavy atom. The molecular formula is C10H22N2. The first-order valence-corrected chi connectivity index (χ1v) is 4.95. The topological polar surface area (TPSA) is 29.3 Å². The summed E-state index contributed by atoms with van der Waals surface area (Å²) in [6.07, 6.45) is 2.46. The van der Waals surface area contributed by atoms with E-state index in [9.17, 15) is 0 Å². The molecule has 1 fully saturated rings. The number of hydrogen-bond donors (Lipinski definition) is 1. The Balaban J connectivity index is 2.16. The number of nitrogens with two attached hydrogens (primary N) is 1. The molecule has 1 saturated heterocycles. The molecule has 0 aromatic heterocycles. The third-order valence-electron chi connectivity index (χ3n) is 2.49. The molecule has 0 aliphatic carbocycles. The van der Waals surface area contributed by atoms with Gasteiger partial charge in [0.15, 0.2) is 0 Å². The molecule has 1 rings (SSSR count). The van der Waals surface area contributed by atoms with Gasteiger partial charge in [0.2, 0.25) is 0 Å². The quantitative estimate of drug-likeness (QED) is 0.680. The lowest BCUT2D eigenvalue weighted by molar-refractivity contribution is 0.263. The molecule has 0 amide bonds. The van der Waals surface area contributed by atoms with Crippen LogP contribution >= 0.6 is 0 Å². The Labute approximate surface area is 76.1 Å². The molecule has 2 N–H and O–H groups in total. The molecule has 72 valence electrons. The van der Waals surface area contributed by atoms with E-state index in [0.717, 1.165) is 6.54 Å². The molecule has 1 atom stereocenters. The van der Waals surface area contributed by atoms with Crippen molar-refractivity contribution in [3.8, 4) is 0 Å². The van der Waals surface area contributed by atoms with E-state index in [1.54, 1.807) is 0 Å². The van der Waals surface area contributed by atoms with Crippen molar-refractivity contribution in [3.63, 3.8) is 0 Å². The summed E-state index contributed by atoms with van der Waals surface area (Å²) in [4.78, 5) is 2.48. The lowest BCUT2D eigenvalue weighted by Gasteiger charge is -2.22. The van der Waals surface area contributed by atoms with Crippen LogP contribution < -0.4 is 5.73 Å². The van der Waals surface area contributed by atoms with Crippen LogP contribution in [0.3, 0.4) is 0 Å². The van der Waals surface area contributed by atoms with Crippen molar-refractivity contribution in [3.05, 3.63) is 0 Å². The third-order valence-corrected chi connectivity index (χ3v) is 2.49. The van der Waals surface area contributed by atoms with Gasteiger partial charge in [-0.3, -0.25) is 0 Å². The van der Waals surface area contributed by atoms with Crippen molar-refractivity contribution in [2.45, 2.75) is 39.7 Å². The normalized spacial score (nSPS) is 26.5. The summed E-state index contributed by atoms with van der Waals surface area (Å²) >= 11 is 0. The Morgan fingerprint density at radius 2 is 2.08 bits per heavy atom. The highest BCUT2D eigenvalue weighted by atomic mass is 15.2. The van der Waals surface area contributed by atoms with Gasteiger partial charge in [0.25, 0.3) is 0 Å². The molecular weight excluding hydrogens is 148 g/mol. The van der Waals surface area contributed by atoms with E-state index >= 15 is 0 Å². The largest absolute Gasteiger partial charge is 0.326 e. The van der Waals surface area contributed by atoms with Gasteiger partial charge in [-0.05, 0) is 31.3 Å². The average molecular weight is 170 g/mol. The average Bonchev–Trinajstić information content (AvgIpc) is 2.30. The van der Waals surface area contributed by atoms with Gasteiger partial charge in [-0.1, -0.05) is 20.8 Å². The molecule has 0 aromatic rings. The molecule has 0 radical (unpaired) electrons. The predicted octanol–water partition coefficient (Wildman–Crippen LogP) is 1.46. The van der Waals surface area contributed by atoms with E-state index in [2.05, 4.69) is 25.7 Å². The van der Waals surface area contributed by atoms with Gasteiger partial charge in [-0.15, -0.1) is 0 Å². The number of likely N-dealkylation sites (tertiary alicyclic amines) is 1. The SMILES string of the molecule is CC(C)(C)CCN1CC[C@H](N)C1. The van der Waals surface area contributed by atoms with Crippen molar-refractivity contribution in [2.75, 3.05) is 19.6 Å². The van der Waals surface area contributed by atoms with Crippen LogP contribution in [-0.2, 0) is 0 Å². The smallest absolute Gasteiger partial charge is 0.0180 e. The van der Waals surface area contributed by atoms with Gasteiger partial charge in [0, 0.05) is 12.6 Å². The summed E-state index contributed by atoms with van der Waals surface area (Å²) < 4.78 is 0. The van der Waals surface area contributed by atoms with Crippen LogP contribution in [-0.4, -0.2) is 30.6 Å². The van der Waals surface area contributed by atoms with Crippen molar-refractivity contribution >= 4 is 0 Å². The third kappa shape index (κ3) is 3.55. The fraction of sp³-hybridized carbons (Fsp3) is 1.00. The van der Waals surface area contributed by atoms with Gasteiger partial charge in [0.05, 0.1) is 0 Å². The lowest BCUT2D eigenvalue weighted by Crippen LogP contribution is -2.29. The Hall–Kier alpha value is -0.0800. The van der Waals surface area contributed by atoms with Crippen molar-refractivity contribution in [1.29, 1.82) is 0 Å². The summed E-state index contributed by atoms with van der Waals surface area (Å²) in [5, 5.41) is 0. The molecule has 1 aliphatic heterocycles. The minimum Gasteiger partial charge on any atom is -0.326 e. The van der Waals surface area contributed by atoms with Gasteiger partial charge >= 0.3 is 0 Å². The first-order valence-electron chi connectivity index (χ1n) is 4.95. The molecule has 0 aromatic carbocycles. The molecule has 12 heavy (non-hydrogen) atoms. The highest BCUT2D eigenvalue weighted by molar-refractivity contribution is 4.78. The minimum atomic E-state index is 0.435. The van der Waals surface area contributed by atoms with Crippen LogP contribution in [0.25, 0.3) is 0 Å². The first-order chi connectivity index (χ1) is 5.47. The second-order valence-corrected chi connectivity index (χ2v) is 5.16. The molecule has 0 saturated carbocycles. The molecule has 2 heteroatoms. The Bertz CT molecular complexity index is 137. The second kappa shape index (κ2) is 3.75. The zero-order valence-electron chi connectivity index (χ0n) is 8.64. The number of rotatable bonds is 2. The molecule has 1 aliphatic rings. The lowest BCUT2D eigenvalue weighted by atomic mass is 9.92. The monoisotopic (exact) mass is 170 g/mol. The van der Waals surface area contributed by atoms with E-state index < -0.39 is 0 Å². The summed E-state index contributed by atoms with van der Waals surface area (Å²) in [6.45, 7) is 10.4.